The molecule has 2 amide bonds. The van der Waals surface area contributed by atoms with Crippen molar-refractivity contribution in [2.45, 2.75) is 26.2 Å². The largest absolute Gasteiger partial charge is 0.506 e. The first-order valence-corrected chi connectivity index (χ1v) is 8.55. The van der Waals surface area contributed by atoms with E-state index in [4.69, 9.17) is 9.47 Å². The van der Waals surface area contributed by atoms with Gasteiger partial charge in [0.2, 0.25) is 12.7 Å². The number of benzene rings is 2. The smallest absolute Gasteiger partial charge is 0.251 e. The zero-order valence-electron chi connectivity index (χ0n) is 15.5. The van der Waals surface area contributed by atoms with Crippen LogP contribution in [0.4, 0.5) is 5.69 Å². The van der Waals surface area contributed by atoms with Gasteiger partial charge in [-0.2, -0.15) is 0 Å². The first-order chi connectivity index (χ1) is 12.7. The minimum Gasteiger partial charge on any atom is -0.506 e. The third kappa shape index (κ3) is 4.31. The second-order valence-corrected chi connectivity index (χ2v) is 7.28. The summed E-state index contributed by atoms with van der Waals surface area (Å²) in [5.41, 5.74) is 1.52. The van der Waals surface area contributed by atoms with Gasteiger partial charge in [-0.05, 0) is 41.3 Å². The molecule has 0 saturated carbocycles. The summed E-state index contributed by atoms with van der Waals surface area (Å²) in [7, 11) is 0. The van der Waals surface area contributed by atoms with Crippen molar-refractivity contribution in [3.8, 4) is 17.2 Å². The number of phenolic OH excluding ortho intramolecular Hbond substituents is 1. The number of fused-ring (bicyclic) bond motifs is 1. The highest BCUT2D eigenvalue weighted by Crippen LogP contribution is 2.32. The van der Waals surface area contributed by atoms with E-state index >= 15 is 0 Å². The zero-order chi connectivity index (χ0) is 19.6. The summed E-state index contributed by atoms with van der Waals surface area (Å²) in [6, 6.07) is 9.89. The third-order valence-electron chi connectivity index (χ3n) is 4.18. The Hall–Kier alpha value is -3.22. The average Bonchev–Trinajstić information content (AvgIpc) is 3.08. The Bertz CT molecular complexity index is 886. The van der Waals surface area contributed by atoms with Crippen LogP contribution >= 0.6 is 0 Å². The van der Waals surface area contributed by atoms with Crippen molar-refractivity contribution in [1.29, 1.82) is 0 Å². The van der Waals surface area contributed by atoms with Crippen LogP contribution in [0.2, 0.25) is 0 Å². The van der Waals surface area contributed by atoms with E-state index < -0.39 is 11.8 Å². The van der Waals surface area contributed by atoms with Crippen LogP contribution in [0.3, 0.4) is 0 Å². The molecule has 7 heteroatoms. The van der Waals surface area contributed by atoms with Crippen LogP contribution in [0.1, 0.15) is 36.7 Å². The number of carbonyl (C=O) groups excluding carboxylic acids is 2. The molecule has 0 aromatic heterocycles. The monoisotopic (exact) mass is 370 g/mol. The fourth-order valence-corrected chi connectivity index (χ4v) is 2.60. The molecule has 0 atom stereocenters. The molecule has 2 aromatic rings. The molecular weight excluding hydrogens is 348 g/mol. The highest BCUT2D eigenvalue weighted by molar-refractivity contribution is 6.00. The molecule has 3 N–H and O–H groups in total. The molecule has 0 saturated heterocycles. The predicted molar refractivity (Wildman–Crippen MR) is 100 cm³/mol. The van der Waals surface area contributed by atoms with Crippen LogP contribution in [0.15, 0.2) is 36.4 Å². The molecular formula is C20H22N2O5. The summed E-state index contributed by atoms with van der Waals surface area (Å²) >= 11 is 0. The summed E-state index contributed by atoms with van der Waals surface area (Å²) in [6.07, 6.45) is 0. The van der Waals surface area contributed by atoms with Gasteiger partial charge in [0, 0.05) is 5.56 Å². The van der Waals surface area contributed by atoms with Gasteiger partial charge in [-0.25, -0.2) is 0 Å². The molecule has 142 valence electrons. The van der Waals surface area contributed by atoms with Gasteiger partial charge in [0.1, 0.15) is 5.75 Å². The van der Waals surface area contributed by atoms with Crippen molar-refractivity contribution in [2.75, 3.05) is 18.7 Å². The van der Waals surface area contributed by atoms with E-state index in [1.807, 2.05) is 26.8 Å². The number of carbonyl (C=O) groups is 2. The number of aromatic hydroxyl groups is 1. The van der Waals surface area contributed by atoms with E-state index in [0.29, 0.717) is 22.7 Å². The molecule has 0 radical (unpaired) electrons. The molecule has 0 fully saturated rings. The Morgan fingerprint density at radius 1 is 1.07 bits per heavy atom. The summed E-state index contributed by atoms with van der Waals surface area (Å²) < 4.78 is 10.4. The lowest BCUT2D eigenvalue weighted by Gasteiger charge is -2.20. The van der Waals surface area contributed by atoms with Crippen LogP contribution in [0.25, 0.3) is 0 Å². The summed E-state index contributed by atoms with van der Waals surface area (Å²) in [4.78, 5) is 24.4. The number of rotatable bonds is 4. The van der Waals surface area contributed by atoms with Crippen molar-refractivity contribution in [3.05, 3.63) is 47.5 Å². The maximum Gasteiger partial charge on any atom is 0.251 e. The fraction of sp³-hybridized carbons (Fsp3) is 0.300. The highest BCUT2D eigenvalue weighted by atomic mass is 16.7. The number of ether oxygens (including phenoxy) is 2. The number of hydrogen-bond donors (Lipinski definition) is 3. The molecule has 0 unspecified atom stereocenters. The number of nitrogens with one attached hydrogen (secondary N) is 2. The molecule has 1 aliphatic rings. The predicted octanol–water partition coefficient (Wildman–Crippen LogP) is 2.79. The molecule has 1 heterocycles. The average molecular weight is 370 g/mol. The minimum absolute atomic E-state index is 0.0292. The topological polar surface area (TPSA) is 96.9 Å². The number of anilines is 1. The van der Waals surface area contributed by atoms with Crippen LogP contribution in [0.5, 0.6) is 17.2 Å². The fourth-order valence-electron chi connectivity index (χ4n) is 2.60. The molecule has 3 rings (SSSR count). The van der Waals surface area contributed by atoms with Crippen LogP contribution in [-0.2, 0) is 10.2 Å². The zero-order valence-corrected chi connectivity index (χ0v) is 15.5. The summed E-state index contributed by atoms with van der Waals surface area (Å²) in [5.74, 6) is 0.203. The Kier molecular flexibility index (Phi) is 4.94. The summed E-state index contributed by atoms with van der Waals surface area (Å²) in [6.45, 7) is 6.01. The second kappa shape index (κ2) is 7.19. The Labute approximate surface area is 157 Å². The third-order valence-corrected chi connectivity index (χ3v) is 4.18. The standard InChI is InChI=1S/C20H22N2O5/c1-20(2,3)13-5-6-15(23)14(9-13)22-18(24)10-21-19(25)12-4-7-16-17(8-12)27-11-26-16/h4-9,23H,10-11H2,1-3H3,(H,21,25)(H,22,24). The molecule has 1 aliphatic heterocycles. The van der Waals surface area contributed by atoms with Gasteiger partial charge in [0.15, 0.2) is 11.5 Å². The lowest BCUT2D eigenvalue weighted by molar-refractivity contribution is -0.115. The Balaban J connectivity index is 1.61. The van der Waals surface area contributed by atoms with E-state index in [-0.39, 0.29) is 24.5 Å². The van der Waals surface area contributed by atoms with Crippen LogP contribution in [-0.4, -0.2) is 30.3 Å². The second-order valence-electron chi connectivity index (χ2n) is 7.28. The van der Waals surface area contributed by atoms with E-state index in [1.54, 1.807) is 30.3 Å². The molecule has 0 bridgehead atoms. The van der Waals surface area contributed by atoms with Crippen molar-refractivity contribution >= 4 is 17.5 Å². The molecule has 27 heavy (non-hydrogen) atoms. The number of amides is 2. The molecule has 2 aromatic carbocycles. The lowest BCUT2D eigenvalue weighted by atomic mass is 9.87. The molecule has 0 spiro atoms. The van der Waals surface area contributed by atoms with Crippen LogP contribution < -0.4 is 20.1 Å². The summed E-state index contributed by atoms with van der Waals surface area (Å²) in [5, 5.41) is 15.1. The van der Waals surface area contributed by atoms with Gasteiger partial charge in [-0.15, -0.1) is 0 Å². The van der Waals surface area contributed by atoms with Gasteiger partial charge in [-0.1, -0.05) is 26.8 Å². The Morgan fingerprint density at radius 3 is 2.56 bits per heavy atom. The highest BCUT2D eigenvalue weighted by Gasteiger charge is 2.18. The molecule has 7 nitrogen and oxygen atoms in total. The van der Waals surface area contributed by atoms with Gasteiger partial charge >= 0.3 is 0 Å². The van der Waals surface area contributed by atoms with Crippen molar-refractivity contribution in [1.82, 2.24) is 5.32 Å². The van der Waals surface area contributed by atoms with Gasteiger partial charge in [0.05, 0.1) is 12.2 Å². The van der Waals surface area contributed by atoms with Crippen molar-refractivity contribution in [3.63, 3.8) is 0 Å². The first-order valence-electron chi connectivity index (χ1n) is 8.55. The molecule has 0 aliphatic carbocycles. The van der Waals surface area contributed by atoms with Gasteiger partial charge in [-0.3, -0.25) is 9.59 Å². The quantitative estimate of drug-likeness (QED) is 0.719. The minimum atomic E-state index is -0.439. The van der Waals surface area contributed by atoms with Crippen molar-refractivity contribution < 1.29 is 24.2 Å². The SMILES string of the molecule is CC(C)(C)c1ccc(O)c(NC(=O)CNC(=O)c2ccc3c(c2)OCO3)c1. The maximum atomic E-state index is 12.2. The lowest BCUT2D eigenvalue weighted by Crippen LogP contribution is -2.32. The number of hydrogen-bond acceptors (Lipinski definition) is 5. The van der Waals surface area contributed by atoms with E-state index in [0.717, 1.165) is 5.56 Å². The number of phenols is 1. The normalized spacial score (nSPS) is 12.6. The van der Waals surface area contributed by atoms with Crippen molar-refractivity contribution in [2.24, 2.45) is 0 Å². The van der Waals surface area contributed by atoms with E-state index in [9.17, 15) is 14.7 Å². The van der Waals surface area contributed by atoms with Gasteiger partial charge < -0.3 is 25.2 Å². The first kappa shape index (κ1) is 18.6. The van der Waals surface area contributed by atoms with Crippen LogP contribution in [0, 0.1) is 0 Å². The van der Waals surface area contributed by atoms with E-state index in [2.05, 4.69) is 10.6 Å². The van der Waals surface area contributed by atoms with Gasteiger partial charge in [0.25, 0.3) is 5.91 Å². The van der Waals surface area contributed by atoms with E-state index in [1.165, 1.54) is 0 Å². The maximum absolute atomic E-state index is 12.2. The Morgan fingerprint density at radius 2 is 1.81 bits per heavy atom.